The maximum absolute atomic E-state index is 3.81. The van der Waals surface area contributed by atoms with Gasteiger partial charge in [0.2, 0.25) is 0 Å². The largest absolute Gasteiger partial charge is 0.103 e. The van der Waals surface area contributed by atoms with Gasteiger partial charge in [0.15, 0.2) is 0 Å². The average Bonchev–Trinajstić information content (AvgIpc) is 2.88. The zero-order chi connectivity index (χ0) is 30.3. The molecule has 0 nitrogen and oxygen atoms in total. The van der Waals surface area contributed by atoms with Gasteiger partial charge in [-0.05, 0) is 85.8 Å². The quantitative estimate of drug-likeness (QED) is 0.212. The van der Waals surface area contributed by atoms with E-state index in [0.29, 0.717) is 0 Å². The predicted octanol–water partition coefficient (Wildman–Crippen LogP) is 12.3. The zero-order valence-electron chi connectivity index (χ0n) is 27.3. The fourth-order valence-electron chi connectivity index (χ4n) is 4.43. The topological polar surface area (TPSA) is 0 Å². The lowest BCUT2D eigenvalue weighted by Crippen LogP contribution is -2.23. The Morgan fingerprint density at radius 3 is 1.85 bits per heavy atom. The standard InChI is InChI=1S/C23H32.C10H14.C3H8.C3H6/c1-6-11-20-15-16-22(18(3)21(20)12-7-2)23(4,5)17-19-13-9-8-10-14-19;1-5-7-8-10(6-2)9(3)4;2*1-3-2/h8-10,13-16H,6-7,11-12,17H2,1-5H3;5-8H,2-3H2,1,4H3;3H2,1-2H3;3H,1H2,2H3/b;7-5-,10-8+;;. The summed E-state index contributed by atoms with van der Waals surface area (Å²) in [4.78, 5) is 0. The molecular weight excluding hydrogens is 468 g/mol. The van der Waals surface area contributed by atoms with Crippen LogP contribution in [0.3, 0.4) is 0 Å². The molecule has 0 aliphatic carbocycles. The van der Waals surface area contributed by atoms with Gasteiger partial charge in [0.1, 0.15) is 0 Å². The predicted molar refractivity (Wildman–Crippen MR) is 182 cm³/mol. The number of aryl methyl sites for hydroxylation is 1. The van der Waals surface area contributed by atoms with Crippen molar-refractivity contribution in [1.29, 1.82) is 0 Å². The van der Waals surface area contributed by atoms with E-state index in [9.17, 15) is 0 Å². The van der Waals surface area contributed by atoms with Gasteiger partial charge in [0, 0.05) is 0 Å². The summed E-state index contributed by atoms with van der Waals surface area (Å²) in [6.45, 7) is 32.6. The number of benzene rings is 2. The van der Waals surface area contributed by atoms with E-state index < -0.39 is 0 Å². The Morgan fingerprint density at radius 2 is 1.41 bits per heavy atom. The molecule has 0 bridgehead atoms. The minimum absolute atomic E-state index is 0.165. The van der Waals surface area contributed by atoms with Gasteiger partial charge in [-0.15, -0.1) is 6.58 Å². The lowest BCUT2D eigenvalue weighted by atomic mass is 9.75. The van der Waals surface area contributed by atoms with Crippen LogP contribution in [0.4, 0.5) is 0 Å². The van der Waals surface area contributed by atoms with E-state index in [1.807, 2.05) is 45.1 Å². The smallest absolute Gasteiger partial charge is 0.00605 e. The summed E-state index contributed by atoms with van der Waals surface area (Å²) in [7, 11) is 0. The molecule has 0 N–H and O–H groups in total. The van der Waals surface area contributed by atoms with Crippen molar-refractivity contribution >= 4 is 0 Å². The van der Waals surface area contributed by atoms with Crippen molar-refractivity contribution in [2.24, 2.45) is 0 Å². The van der Waals surface area contributed by atoms with Gasteiger partial charge < -0.3 is 0 Å². The number of rotatable bonds is 10. The monoisotopic (exact) mass is 528 g/mol. The highest BCUT2D eigenvalue weighted by Crippen LogP contribution is 2.33. The molecule has 2 aromatic carbocycles. The van der Waals surface area contributed by atoms with Gasteiger partial charge in [-0.25, -0.2) is 0 Å². The first-order valence-electron chi connectivity index (χ1n) is 14.9. The molecular formula is C39H60. The Labute approximate surface area is 244 Å². The van der Waals surface area contributed by atoms with E-state index in [0.717, 1.165) is 17.6 Å². The summed E-state index contributed by atoms with van der Waals surface area (Å²) in [5.41, 5.74) is 9.94. The van der Waals surface area contributed by atoms with Gasteiger partial charge in [0.05, 0.1) is 0 Å². The first-order valence-corrected chi connectivity index (χ1v) is 14.9. The maximum Gasteiger partial charge on any atom is -0.00605 e. The van der Waals surface area contributed by atoms with Gasteiger partial charge in [-0.2, -0.15) is 0 Å². The fourth-order valence-corrected chi connectivity index (χ4v) is 4.43. The van der Waals surface area contributed by atoms with Crippen LogP contribution in [0.25, 0.3) is 0 Å². The highest BCUT2D eigenvalue weighted by Gasteiger charge is 2.24. The molecule has 39 heavy (non-hydrogen) atoms. The SMILES string of the molecule is C=C/C(=C\C=C/C)C(=C)C.C=CC.CCC.CCCc1ccc(C(C)(C)Cc2ccccc2)c(C)c1CCC. The molecule has 216 valence electrons. The van der Waals surface area contributed by atoms with Crippen molar-refractivity contribution in [2.75, 3.05) is 0 Å². The van der Waals surface area contributed by atoms with Crippen LogP contribution in [0.5, 0.6) is 0 Å². The lowest BCUT2D eigenvalue weighted by molar-refractivity contribution is 0.518. The van der Waals surface area contributed by atoms with Crippen LogP contribution in [0.2, 0.25) is 0 Å². The molecule has 2 rings (SSSR count). The van der Waals surface area contributed by atoms with Crippen molar-refractivity contribution in [2.45, 2.75) is 113 Å². The lowest BCUT2D eigenvalue weighted by Gasteiger charge is -2.29. The molecule has 0 aliphatic rings. The Morgan fingerprint density at radius 1 is 0.872 bits per heavy atom. The summed E-state index contributed by atoms with van der Waals surface area (Å²) in [5, 5.41) is 0. The van der Waals surface area contributed by atoms with E-state index in [1.54, 1.807) is 17.2 Å². The second kappa shape index (κ2) is 23.1. The third kappa shape index (κ3) is 16.0. The molecule has 0 radical (unpaired) electrons. The van der Waals surface area contributed by atoms with Gasteiger partial charge in [-0.1, -0.05) is 152 Å². The highest BCUT2D eigenvalue weighted by molar-refractivity contribution is 5.44. The van der Waals surface area contributed by atoms with E-state index >= 15 is 0 Å². The van der Waals surface area contributed by atoms with Crippen LogP contribution in [0.1, 0.15) is 109 Å². The molecule has 0 aromatic heterocycles. The van der Waals surface area contributed by atoms with E-state index in [2.05, 4.69) is 111 Å². The number of hydrogen-bond donors (Lipinski definition) is 0. The second-order valence-electron chi connectivity index (χ2n) is 10.7. The summed E-state index contributed by atoms with van der Waals surface area (Å²) in [6.07, 6.45) is 16.7. The molecule has 0 aliphatic heterocycles. The highest BCUT2D eigenvalue weighted by atomic mass is 14.3. The van der Waals surface area contributed by atoms with Gasteiger partial charge in [0.25, 0.3) is 0 Å². The molecule has 0 spiro atoms. The number of allylic oxidation sites excluding steroid dienone is 7. The molecule has 0 unspecified atom stereocenters. The third-order valence-electron chi connectivity index (χ3n) is 6.11. The Balaban J connectivity index is 0. The minimum atomic E-state index is 0.165. The van der Waals surface area contributed by atoms with Crippen LogP contribution in [0, 0.1) is 6.92 Å². The van der Waals surface area contributed by atoms with Gasteiger partial charge >= 0.3 is 0 Å². The third-order valence-corrected chi connectivity index (χ3v) is 6.11. The molecule has 0 amide bonds. The zero-order valence-corrected chi connectivity index (χ0v) is 27.3. The summed E-state index contributed by atoms with van der Waals surface area (Å²) >= 11 is 0. The van der Waals surface area contributed by atoms with Crippen molar-refractivity contribution in [3.8, 4) is 0 Å². The molecule has 2 aromatic rings. The van der Waals surface area contributed by atoms with Crippen molar-refractivity contribution in [3.63, 3.8) is 0 Å². The summed E-state index contributed by atoms with van der Waals surface area (Å²) in [5.74, 6) is 0. The molecule has 0 saturated carbocycles. The van der Waals surface area contributed by atoms with E-state index in [4.69, 9.17) is 0 Å². The molecule has 0 heteroatoms. The Kier molecular flexibility index (Phi) is 22.6. The van der Waals surface area contributed by atoms with Crippen molar-refractivity contribution in [1.82, 2.24) is 0 Å². The first-order chi connectivity index (χ1) is 18.5. The van der Waals surface area contributed by atoms with Crippen LogP contribution in [-0.4, -0.2) is 0 Å². The van der Waals surface area contributed by atoms with Crippen molar-refractivity contribution < 1.29 is 0 Å². The Hall–Kier alpha value is -2.86. The van der Waals surface area contributed by atoms with Crippen LogP contribution in [-0.2, 0) is 24.7 Å². The second-order valence-corrected chi connectivity index (χ2v) is 10.7. The first kappa shape index (κ1) is 38.3. The van der Waals surface area contributed by atoms with E-state index in [1.165, 1.54) is 48.8 Å². The van der Waals surface area contributed by atoms with Gasteiger partial charge in [-0.3, -0.25) is 0 Å². The molecule has 0 heterocycles. The average molecular weight is 529 g/mol. The van der Waals surface area contributed by atoms with Crippen molar-refractivity contribution in [3.05, 3.63) is 132 Å². The van der Waals surface area contributed by atoms with Crippen LogP contribution in [0.15, 0.2) is 104 Å². The number of hydrogen-bond acceptors (Lipinski definition) is 0. The molecule has 0 fully saturated rings. The fraction of sp³-hybridized carbons (Fsp3) is 0.436. The van der Waals surface area contributed by atoms with Crippen LogP contribution >= 0.6 is 0 Å². The molecule has 0 atom stereocenters. The summed E-state index contributed by atoms with van der Waals surface area (Å²) < 4.78 is 0. The summed E-state index contributed by atoms with van der Waals surface area (Å²) in [6, 6.07) is 15.7. The minimum Gasteiger partial charge on any atom is -0.103 e. The van der Waals surface area contributed by atoms with Crippen LogP contribution < -0.4 is 0 Å². The molecule has 0 saturated heterocycles. The normalized spacial score (nSPS) is 10.8. The Bertz CT molecular complexity index is 996. The maximum atomic E-state index is 3.81. The van der Waals surface area contributed by atoms with E-state index in [-0.39, 0.29) is 5.41 Å².